The maximum Gasteiger partial charge on any atom is 0.308 e. The van der Waals surface area contributed by atoms with Crippen molar-refractivity contribution in [3.8, 4) is 22.2 Å². The topological polar surface area (TPSA) is 184 Å². The summed E-state index contributed by atoms with van der Waals surface area (Å²) >= 11 is 1.61. The highest BCUT2D eigenvalue weighted by atomic mass is 32.2. The first-order valence-corrected chi connectivity index (χ1v) is 21.6. The zero-order valence-corrected chi connectivity index (χ0v) is 35.4. The number of nitriles is 1. The van der Waals surface area contributed by atoms with Gasteiger partial charge in [-0.05, 0) is 92.3 Å². The number of rotatable bonds is 11. The Hall–Kier alpha value is -6.96. The Labute approximate surface area is 355 Å². The lowest BCUT2D eigenvalue weighted by molar-refractivity contribution is -0.141. The number of aromatic amines is 1. The van der Waals surface area contributed by atoms with Gasteiger partial charge in [-0.1, -0.05) is 48.5 Å². The Morgan fingerprint density at radius 1 is 0.967 bits per heavy atom. The van der Waals surface area contributed by atoms with Crippen LogP contribution < -0.4 is 10.0 Å². The van der Waals surface area contributed by atoms with Crippen molar-refractivity contribution in [1.82, 2.24) is 25.1 Å². The van der Waals surface area contributed by atoms with Gasteiger partial charge in [0.25, 0.3) is 15.9 Å². The van der Waals surface area contributed by atoms with Crippen LogP contribution in [0.1, 0.15) is 72.7 Å². The highest BCUT2D eigenvalue weighted by molar-refractivity contribution is 7.92. The predicted octanol–water partition coefficient (Wildman–Crippen LogP) is 7.95. The van der Waals surface area contributed by atoms with Gasteiger partial charge < -0.3 is 15.0 Å². The van der Waals surface area contributed by atoms with Gasteiger partial charge in [0.05, 0.1) is 46.5 Å². The number of hydrogen-bond donors (Lipinski definition) is 3. The second-order valence-electron chi connectivity index (χ2n) is 14.7. The van der Waals surface area contributed by atoms with Crippen molar-refractivity contribution < 1.29 is 27.1 Å². The molecule has 16 heteroatoms. The molecule has 0 radical (unpaired) electrons. The van der Waals surface area contributed by atoms with Crippen LogP contribution in [-0.4, -0.2) is 59.4 Å². The van der Waals surface area contributed by atoms with E-state index in [0.29, 0.717) is 51.5 Å². The van der Waals surface area contributed by atoms with E-state index in [1.54, 1.807) is 47.9 Å². The molecule has 61 heavy (non-hydrogen) atoms. The number of nitrogens with one attached hydrogen (secondary N) is 3. The number of esters is 1. The Kier molecular flexibility index (Phi) is 10.9. The van der Waals surface area contributed by atoms with Crippen LogP contribution in [0.15, 0.2) is 94.9 Å². The summed E-state index contributed by atoms with van der Waals surface area (Å²) in [4.78, 5) is 34.8. The number of amides is 1. The van der Waals surface area contributed by atoms with E-state index < -0.39 is 33.8 Å². The number of fused-ring (bicyclic) bond motifs is 4. The van der Waals surface area contributed by atoms with Gasteiger partial charge in [-0.15, -0.1) is 21.5 Å². The summed E-state index contributed by atoms with van der Waals surface area (Å²) in [5, 5.41) is 22.5. The van der Waals surface area contributed by atoms with Crippen molar-refractivity contribution in [3.63, 3.8) is 0 Å². The number of aryl methyl sites for hydroxylation is 3. The Bertz CT molecular complexity index is 3070. The molecule has 13 nitrogen and oxygen atoms in total. The number of aliphatic imine (C=N–C) groups is 1. The smallest absolute Gasteiger partial charge is 0.308 e. The predicted molar refractivity (Wildman–Crippen MR) is 231 cm³/mol. The summed E-state index contributed by atoms with van der Waals surface area (Å²) < 4.78 is 51.6. The summed E-state index contributed by atoms with van der Waals surface area (Å²) in [5.41, 5.74) is 7.58. The lowest BCUT2D eigenvalue weighted by Crippen LogP contribution is -2.26. The number of anilines is 1. The van der Waals surface area contributed by atoms with E-state index in [9.17, 15) is 23.3 Å². The van der Waals surface area contributed by atoms with Crippen LogP contribution in [0.2, 0.25) is 0 Å². The van der Waals surface area contributed by atoms with E-state index in [0.717, 1.165) is 43.3 Å². The fourth-order valence-corrected chi connectivity index (χ4v) is 9.80. The molecule has 4 heterocycles. The minimum Gasteiger partial charge on any atom is -0.469 e. The molecule has 0 spiro atoms. The molecule has 0 fully saturated rings. The molecule has 308 valence electrons. The van der Waals surface area contributed by atoms with E-state index in [2.05, 4.69) is 38.2 Å². The maximum atomic E-state index is 15.5. The molecule has 0 aliphatic carbocycles. The normalized spacial score (nSPS) is 13.5. The molecule has 3 aromatic heterocycles. The average molecular weight is 855 g/mol. The molecule has 3 N–H and O–H groups in total. The van der Waals surface area contributed by atoms with E-state index in [4.69, 9.17) is 9.73 Å². The number of sulfonamides is 1. The van der Waals surface area contributed by atoms with Crippen molar-refractivity contribution in [3.05, 3.63) is 146 Å². The zero-order valence-electron chi connectivity index (χ0n) is 33.8. The molecule has 1 aliphatic rings. The fraction of sp³-hybridized carbons (Fsp3) is 0.200. The molecule has 1 amide bonds. The number of nitrogens with zero attached hydrogens (tertiary/aromatic N) is 5. The number of carbonyl (C=O) groups excluding carboxylic acids is 2. The van der Waals surface area contributed by atoms with Gasteiger partial charge in [-0.3, -0.25) is 23.9 Å². The van der Waals surface area contributed by atoms with E-state index >= 15 is 4.39 Å². The summed E-state index contributed by atoms with van der Waals surface area (Å²) in [6.45, 7) is 8.00. The molecule has 1 atom stereocenters. The first-order valence-electron chi connectivity index (χ1n) is 19.3. The number of aromatic nitrogens is 4. The van der Waals surface area contributed by atoms with E-state index in [1.807, 2.05) is 49.6 Å². The van der Waals surface area contributed by atoms with Crippen molar-refractivity contribution >= 4 is 55.5 Å². The molecule has 4 aromatic carbocycles. The van der Waals surface area contributed by atoms with Crippen LogP contribution >= 0.6 is 11.3 Å². The van der Waals surface area contributed by atoms with Crippen LogP contribution in [0.5, 0.6) is 0 Å². The third kappa shape index (κ3) is 7.69. The molecule has 1 aliphatic heterocycles. The minimum atomic E-state index is -3.95. The third-order valence-corrected chi connectivity index (χ3v) is 13.4. The van der Waals surface area contributed by atoms with Gasteiger partial charge in [0.1, 0.15) is 28.8 Å². The number of carbonyl (C=O) groups is 2. The molecule has 8 rings (SSSR count). The number of methoxy groups -OCH3 is 1. The second kappa shape index (κ2) is 16.2. The van der Waals surface area contributed by atoms with Gasteiger partial charge in [-0.2, -0.15) is 5.26 Å². The number of benzene rings is 4. The summed E-state index contributed by atoms with van der Waals surface area (Å²) in [7, 11) is -2.61. The van der Waals surface area contributed by atoms with Crippen molar-refractivity contribution in [1.29, 1.82) is 5.26 Å². The van der Waals surface area contributed by atoms with Gasteiger partial charge >= 0.3 is 5.97 Å². The van der Waals surface area contributed by atoms with Crippen molar-refractivity contribution in [2.75, 3.05) is 18.4 Å². The van der Waals surface area contributed by atoms with Crippen molar-refractivity contribution in [2.45, 2.75) is 51.5 Å². The largest absolute Gasteiger partial charge is 0.469 e. The average Bonchev–Trinajstić information content (AvgIpc) is 3.93. The van der Waals surface area contributed by atoms with Crippen LogP contribution in [0, 0.1) is 44.8 Å². The van der Waals surface area contributed by atoms with Crippen LogP contribution in [0.4, 0.5) is 10.1 Å². The Morgan fingerprint density at radius 3 is 2.39 bits per heavy atom. The molecule has 0 saturated heterocycles. The first kappa shape index (κ1) is 40.8. The van der Waals surface area contributed by atoms with Gasteiger partial charge in [-0.25, -0.2) is 12.8 Å². The quantitative estimate of drug-likeness (QED) is 0.110. The summed E-state index contributed by atoms with van der Waals surface area (Å²) in [5.74, 6) is -0.433. The Balaban J connectivity index is 0.932. The highest BCUT2D eigenvalue weighted by Gasteiger charge is 2.32. The molecule has 0 unspecified atom stereocenters. The standard InChI is InChI=1S/C45H39FN8O5S2/c1-24-6-17-36(42-39(24)32(22-47)23-49-42)53-61(57,58)33-14-7-28(8-15-33)18-19-48-44(56)34-16-13-31(20-35(34)46)29-9-11-30(12-10-29)41-40-25(2)26(3)60-45(40)54-27(4)51-52-43(54)37(50-41)21-38(55)59-5/h6-17,20,23,37,49,53H,18-19,21H2,1-5H3,(H,48,56)/t37-/m0/s1. The van der Waals surface area contributed by atoms with Crippen LogP contribution in [0.25, 0.3) is 27.0 Å². The second-order valence-corrected chi connectivity index (χ2v) is 17.6. The number of ether oxygens (including phenoxy) is 1. The molecule has 0 saturated carbocycles. The number of thiophene rings is 1. The maximum absolute atomic E-state index is 15.5. The molecular weight excluding hydrogens is 816 g/mol. The Morgan fingerprint density at radius 2 is 1.69 bits per heavy atom. The monoisotopic (exact) mass is 854 g/mol. The van der Waals surface area contributed by atoms with E-state index in [-0.39, 0.29) is 23.4 Å². The lowest BCUT2D eigenvalue weighted by atomic mass is 9.96. The molecule has 7 aromatic rings. The van der Waals surface area contributed by atoms with Gasteiger partial charge in [0, 0.05) is 34.1 Å². The van der Waals surface area contributed by atoms with E-state index in [1.165, 1.54) is 31.4 Å². The number of H-pyrrole nitrogens is 1. The van der Waals surface area contributed by atoms with Gasteiger partial charge in [0.2, 0.25) is 0 Å². The number of halogens is 1. The molecular formula is C45H39FN8O5S2. The van der Waals surface area contributed by atoms with Gasteiger partial charge in [0.15, 0.2) is 5.82 Å². The zero-order chi connectivity index (χ0) is 43.2. The van der Waals surface area contributed by atoms with Crippen molar-refractivity contribution in [2.24, 2.45) is 4.99 Å². The summed E-state index contributed by atoms with van der Waals surface area (Å²) in [6.07, 6.45) is 1.91. The SMILES string of the molecule is COC(=O)C[C@@H]1N=C(c2ccc(-c3ccc(C(=O)NCCc4ccc(S(=O)(=O)Nc5ccc(C)c6c(C#N)c[nH]c56)cc4)c(F)c3)cc2)c2c(sc(C)c2C)-n2c(C)nnc21. The molecule has 0 bridgehead atoms. The lowest BCUT2D eigenvalue weighted by Gasteiger charge is -2.12. The first-order chi connectivity index (χ1) is 29.3. The van der Waals surface area contributed by atoms with Crippen LogP contribution in [0.3, 0.4) is 0 Å². The third-order valence-electron chi connectivity index (χ3n) is 10.9. The summed E-state index contributed by atoms with van der Waals surface area (Å²) in [6, 6.07) is 23.2. The van der Waals surface area contributed by atoms with Crippen LogP contribution in [-0.2, 0) is 26.0 Å². The highest BCUT2D eigenvalue weighted by Crippen LogP contribution is 2.40. The number of hydrogen-bond acceptors (Lipinski definition) is 10. The minimum absolute atomic E-state index is 0.0133. The fourth-order valence-electron chi connectivity index (χ4n) is 7.51.